The highest BCUT2D eigenvalue weighted by molar-refractivity contribution is 5.86. The van der Waals surface area contributed by atoms with Crippen LogP contribution in [0.15, 0.2) is 47.2 Å². The first kappa shape index (κ1) is 14.5. The fraction of sp³-hybridized carbons (Fsp3) is 0.438. The monoisotopic (exact) mass is 245 g/mol. The number of nitrogens with one attached hydrogen (secondary N) is 1. The van der Waals surface area contributed by atoms with Crippen LogP contribution < -0.4 is 5.32 Å². The minimum atomic E-state index is -0.161. The quantitative estimate of drug-likeness (QED) is 0.749. The zero-order valence-corrected chi connectivity index (χ0v) is 11.8. The van der Waals surface area contributed by atoms with E-state index in [1.54, 1.807) is 0 Å². The summed E-state index contributed by atoms with van der Waals surface area (Å²) in [6, 6.07) is -0.161. The van der Waals surface area contributed by atoms with Crippen molar-refractivity contribution >= 4 is 5.78 Å². The second-order valence-electron chi connectivity index (χ2n) is 4.94. The molecule has 1 aliphatic heterocycles. The van der Waals surface area contributed by atoms with Crippen molar-refractivity contribution in [1.29, 1.82) is 0 Å². The highest BCUT2D eigenvalue weighted by Gasteiger charge is 2.18. The van der Waals surface area contributed by atoms with Gasteiger partial charge in [-0.2, -0.15) is 0 Å². The van der Waals surface area contributed by atoms with Gasteiger partial charge in [0.25, 0.3) is 0 Å². The molecule has 0 aromatic rings. The maximum Gasteiger partial charge on any atom is 0.158 e. The van der Waals surface area contributed by atoms with E-state index in [1.165, 1.54) is 5.57 Å². The number of ketones is 1. The van der Waals surface area contributed by atoms with Gasteiger partial charge in [-0.15, -0.1) is 0 Å². The SMILES string of the molecule is C=C(C)/C=C(\C)C1=CNC(C(=O)CCC)C=C1C. The summed E-state index contributed by atoms with van der Waals surface area (Å²) in [6.45, 7) is 12.0. The molecule has 18 heavy (non-hydrogen) atoms. The van der Waals surface area contributed by atoms with Gasteiger partial charge in [-0.25, -0.2) is 0 Å². The van der Waals surface area contributed by atoms with Crippen molar-refractivity contribution < 1.29 is 4.79 Å². The number of allylic oxidation sites excluding steroid dienone is 5. The Morgan fingerprint density at radius 1 is 1.50 bits per heavy atom. The van der Waals surface area contributed by atoms with E-state index in [0.29, 0.717) is 6.42 Å². The lowest BCUT2D eigenvalue weighted by Gasteiger charge is -2.21. The first-order valence-electron chi connectivity index (χ1n) is 6.47. The van der Waals surface area contributed by atoms with Gasteiger partial charge in [0.05, 0.1) is 0 Å². The average Bonchev–Trinajstić information content (AvgIpc) is 2.28. The second-order valence-corrected chi connectivity index (χ2v) is 4.94. The van der Waals surface area contributed by atoms with Crippen LogP contribution in [0.3, 0.4) is 0 Å². The summed E-state index contributed by atoms with van der Waals surface area (Å²) in [5.41, 5.74) is 4.51. The van der Waals surface area contributed by atoms with E-state index >= 15 is 0 Å². The van der Waals surface area contributed by atoms with E-state index in [2.05, 4.69) is 31.8 Å². The number of dihydropyridines is 1. The van der Waals surface area contributed by atoms with Crippen LogP contribution in [0, 0.1) is 0 Å². The molecule has 0 aromatic carbocycles. The molecular formula is C16H23NO. The Bertz CT molecular complexity index is 438. The average molecular weight is 245 g/mol. The van der Waals surface area contributed by atoms with E-state index in [-0.39, 0.29) is 11.8 Å². The standard InChI is InChI=1S/C16H23NO/c1-6-7-16(18)15-9-13(5)14(10-17-15)12(4)8-11(2)3/h8-10,15,17H,2,6-7H2,1,3-5H3/b12-8+. The predicted octanol–water partition coefficient (Wildman–Crippen LogP) is 3.68. The van der Waals surface area contributed by atoms with Crippen molar-refractivity contribution in [2.45, 2.75) is 46.6 Å². The third-order valence-corrected chi connectivity index (χ3v) is 2.98. The van der Waals surface area contributed by atoms with Crippen LogP contribution in [0.2, 0.25) is 0 Å². The first-order chi connectivity index (χ1) is 8.45. The lowest BCUT2D eigenvalue weighted by Crippen LogP contribution is -2.34. The number of rotatable bonds is 5. The molecule has 0 amide bonds. The molecule has 0 bridgehead atoms. The molecule has 0 fully saturated rings. The van der Waals surface area contributed by atoms with Gasteiger partial charge >= 0.3 is 0 Å². The van der Waals surface area contributed by atoms with Gasteiger partial charge in [-0.3, -0.25) is 4.79 Å². The molecule has 1 heterocycles. The minimum Gasteiger partial charge on any atom is -0.378 e. The van der Waals surface area contributed by atoms with E-state index in [4.69, 9.17) is 0 Å². The van der Waals surface area contributed by atoms with Crippen molar-refractivity contribution in [3.63, 3.8) is 0 Å². The Balaban J connectivity index is 2.83. The van der Waals surface area contributed by atoms with E-state index in [9.17, 15) is 4.79 Å². The Hall–Kier alpha value is -1.57. The Kier molecular flexibility index (Phi) is 5.14. The van der Waals surface area contributed by atoms with Gasteiger partial charge in [0, 0.05) is 12.6 Å². The third kappa shape index (κ3) is 3.73. The number of hydrogen-bond acceptors (Lipinski definition) is 2. The summed E-state index contributed by atoms with van der Waals surface area (Å²) >= 11 is 0. The summed E-state index contributed by atoms with van der Waals surface area (Å²) in [6.07, 6.45) is 7.55. The Morgan fingerprint density at radius 2 is 2.17 bits per heavy atom. The molecule has 2 nitrogen and oxygen atoms in total. The van der Waals surface area contributed by atoms with Crippen molar-refractivity contribution in [3.8, 4) is 0 Å². The summed E-state index contributed by atoms with van der Waals surface area (Å²) in [5.74, 6) is 0.258. The lowest BCUT2D eigenvalue weighted by atomic mass is 9.93. The maximum absolute atomic E-state index is 11.8. The molecule has 1 unspecified atom stereocenters. The van der Waals surface area contributed by atoms with E-state index in [1.807, 2.05) is 26.1 Å². The summed E-state index contributed by atoms with van der Waals surface area (Å²) in [5, 5.41) is 3.18. The first-order valence-corrected chi connectivity index (χ1v) is 6.47. The molecule has 0 saturated heterocycles. The van der Waals surface area contributed by atoms with Gasteiger partial charge in [-0.05, 0) is 43.9 Å². The zero-order chi connectivity index (χ0) is 13.7. The highest BCUT2D eigenvalue weighted by Crippen LogP contribution is 2.23. The van der Waals surface area contributed by atoms with Gasteiger partial charge in [0.15, 0.2) is 5.78 Å². The van der Waals surface area contributed by atoms with Gasteiger partial charge in [0.1, 0.15) is 6.04 Å². The molecular weight excluding hydrogens is 222 g/mol. The fourth-order valence-corrected chi connectivity index (χ4v) is 2.13. The zero-order valence-electron chi connectivity index (χ0n) is 11.8. The van der Waals surface area contributed by atoms with Crippen molar-refractivity contribution in [2.75, 3.05) is 0 Å². The topological polar surface area (TPSA) is 29.1 Å². The third-order valence-electron chi connectivity index (χ3n) is 2.98. The second kappa shape index (κ2) is 6.39. The Labute approximate surface area is 110 Å². The van der Waals surface area contributed by atoms with Gasteiger partial charge in [0.2, 0.25) is 0 Å². The molecule has 1 rings (SSSR count). The molecule has 2 heteroatoms. The van der Waals surface area contributed by atoms with Crippen LogP contribution in [0.5, 0.6) is 0 Å². The van der Waals surface area contributed by atoms with Crippen molar-refractivity contribution in [3.05, 3.63) is 47.2 Å². The largest absolute Gasteiger partial charge is 0.378 e. The highest BCUT2D eigenvalue weighted by atomic mass is 16.1. The summed E-state index contributed by atoms with van der Waals surface area (Å²) in [4.78, 5) is 11.8. The molecule has 0 spiro atoms. The molecule has 0 saturated carbocycles. The van der Waals surface area contributed by atoms with Gasteiger partial charge in [-0.1, -0.05) is 31.2 Å². The molecule has 98 valence electrons. The molecule has 0 radical (unpaired) electrons. The van der Waals surface area contributed by atoms with Crippen LogP contribution in [-0.4, -0.2) is 11.8 Å². The van der Waals surface area contributed by atoms with Crippen LogP contribution in [0.4, 0.5) is 0 Å². The predicted molar refractivity (Wildman–Crippen MR) is 77.2 cm³/mol. The lowest BCUT2D eigenvalue weighted by molar-refractivity contribution is -0.119. The van der Waals surface area contributed by atoms with Crippen molar-refractivity contribution in [1.82, 2.24) is 5.32 Å². The number of carbonyl (C=O) groups excluding carboxylic acids is 1. The number of carbonyl (C=O) groups is 1. The molecule has 0 aliphatic carbocycles. The molecule has 0 aromatic heterocycles. The number of hydrogen-bond donors (Lipinski definition) is 1. The summed E-state index contributed by atoms with van der Waals surface area (Å²) < 4.78 is 0. The smallest absolute Gasteiger partial charge is 0.158 e. The van der Waals surface area contributed by atoms with Crippen LogP contribution in [0.25, 0.3) is 0 Å². The van der Waals surface area contributed by atoms with Crippen LogP contribution in [0.1, 0.15) is 40.5 Å². The van der Waals surface area contributed by atoms with E-state index < -0.39 is 0 Å². The molecule has 1 N–H and O–H groups in total. The van der Waals surface area contributed by atoms with E-state index in [0.717, 1.165) is 23.1 Å². The van der Waals surface area contributed by atoms with Gasteiger partial charge < -0.3 is 5.32 Å². The normalized spacial score (nSPS) is 19.8. The van der Waals surface area contributed by atoms with Crippen molar-refractivity contribution in [2.24, 2.45) is 0 Å². The Morgan fingerprint density at radius 3 is 2.67 bits per heavy atom. The number of Topliss-reactive ketones (excluding diaryl/α,β-unsaturated/α-hetero) is 1. The van der Waals surface area contributed by atoms with Crippen LogP contribution >= 0.6 is 0 Å². The minimum absolute atomic E-state index is 0.161. The maximum atomic E-state index is 11.8. The molecule has 1 aliphatic rings. The van der Waals surface area contributed by atoms with Crippen LogP contribution in [-0.2, 0) is 4.79 Å². The summed E-state index contributed by atoms with van der Waals surface area (Å²) in [7, 11) is 0. The molecule has 1 atom stereocenters. The fourth-order valence-electron chi connectivity index (χ4n) is 2.13.